The molecule has 0 spiro atoms. The van der Waals surface area contributed by atoms with Gasteiger partial charge in [0.15, 0.2) is 0 Å². The molecule has 3 aromatic rings. The van der Waals surface area contributed by atoms with Gasteiger partial charge in [0, 0.05) is 31.9 Å². The van der Waals surface area contributed by atoms with Crippen LogP contribution in [0.25, 0.3) is 0 Å². The van der Waals surface area contributed by atoms with Crippen LogP contribution in [0.15, 0.2) is 42.9 Å². The lowest BCUT2D eigenvalue weighted by molar-refractivity contribution is -0.139. The molecule has 0 bridgehead atoms. The molecule has 9 nitrogen and oxygen atoms in total. The highest BCUT2D eigenvalue weighted by Crippen LogP contribution is 2.32. The van der Waals surface area contributed by atoms with Crippen molar-refractivity contribution >= 4 is 12.1 Å². The molecule has 1 aromatic carbocycles. The van der Waals surface area contributed by atoms with Gasteiger partial charge in [0.1, 0.15) is 11.4 Å². The van der Waals surface area contributed by atoms with Gasteiger partial charge in [0.05, 0.1) is 29.9 Å². The standard InChI is InChI=1S/C29H34F3N5O4/c1-28(2,3)41-27(40)36-12-10-22(11-13-36)37-18-19(16-34-37)14-25-33-17-23(29(30,31)32)24(35-25)9-8-20-6-4-5-7-21(20)15-26(38)39/h4-7,16-18,22H,8-15H2,1-3H3,(H,38,39). The molecule has 220 valence electrons. The fraction of sp³-hybridized carbons (Fsp3) is 0.483. The summed E-state index contributed by atoms with van der Waals surface area (Å²) in [5, 5.41) is 13.6. The number of amides is 1. The summed E-state index contributed by atoms with van der Waals surface area (Å²) in [6.07, 6.45) is 0.955. The van der Waals surface area contributed by atoms with E-state index in [1.807, 2.05) is 31.6 Å². The zero-order valence-corrected chi connectivity index (χ0v) is 23.3. The first-order valence-corrected chi connectivity index (χ1v) is 13.5. The minimum Gasteiger partial charge on any atom is -0.481 e. The number of carbonyl (C=O) groups excluding carboxylic acids is 1. The SMILES string of the molecule is CC(C)(C)OC(=O)N1CCC(n2cc(Cc3ncc(C(F)(F)F)c(CCc4ccccc4CC(=O)O)n3)cn2)CC1. The topological polar surface area (TPSA) is 110 Å². The Morgan fingerprint density at radius 3 is 2.37 bits per heavy atom. The van der Waals surface area contributed by atoms with Gasteiger partial charge in [-0.1, -0.05) is 24.3 Å². The fourth-order valence-corrected chi connectivity index (χ4v) is 4.85. The van der Waals surface area contributed by atoms with Gasteiger partial charge >= 0.3 is 18.2 Å². The number of benzene rings is 1. The number of alkyl halides is 3. The van der Waals surface area contributed by atoms with E-state index in [1.165, 1.54) is 0 Å². The van der Waals surface area contributed by atoms with E-state index in [9.17, 15) is 22.8 Å². The summed E-state index contributed by atoms with van der Waals surface area (Å²) < 4.78 is 48.5. The summed E-state index contributed by atoms with van der Waals surface area (Å²) >= 11 is 0. The number of rotatable bonds is 8. The Morgan fingerprint density at radius 1 is 1.05 bits per heavy atom. The average molecular weight is 574 g/mol. The second-order valence-corrected chi connectivity index (χ2v) is 11.2. The van der Waals surface area contributed by atoms with E-state index in [1.54, 1.807) is 35.4 Å². The van der Waals surface area contributed by atoms with Crippen LogP contribution in [0.5, 0.6) is 0 Å². The van der Waals surface area contributed by atoms with Crippen LogP contribution < -0.4 is 0 Å². The molecular formula is C29H34F3N5O4. The van der Waals surface area contributed by atoms with Crippen molar-refractivity contribution in [2.45, 2.75) is 77.1 Å². The zero-order valence-electron chi connectivity index (χ0n) is 23.3. The highest BCUT2D eigenvalue weighted by Gasteiger charge is 2.35. The number of aliphatic carboxylic acids is 1. The molecule has 1 saturated heterocycles. The summed E-state index contributed by atoms with van der Waals surface area (Å²) in [5.74, 6) is -0.766. The number of carbonyl (C=O) groups is 2. The van der Waals surface area contributed by atoms with Crippen molar-refractivity contribution in [2.24, 2.45) is 0 Å². The molecule has 3 heterocycles. The summed E-state index contributed by atoms with van der Waals surface area (Å²) in [5.41, 5.74) is 0.404. The van der Waals surface area contributed by atoms with Crippen molar-refractivity contribution in [2.75, 3.05) is 13.1 Å². The number of aryl methyl sites for hydroxylation is 2. The predicted molar refractivity (Wildman–Crippen MR) is 143 cm³/mol. The largest absolute Gasteiger partial charge is 0.481 e. The molecule has 1 aliphatic rings. The van der Waals surface area contributed by atoms with Crippen LogP contribution in [0.1, 0.15) is 73.4 Å². The third-order valence-electron chi connectivity index (χ3n) is 6.82. The van der Waals surface area contributed by atoms with Gasteiger partial charge in [-0.05, 0) is 63.1 Å². The molecule has 0 radical (unpaired) electrons. The number of carboxylic acid groups (broad SMARTS) is 1. The van der Waals surface area contributed by atoms with E-state index < -0.39 is 23.3 Å². The number of nitrogens with zero attached hydrogens (tertiary/aromatic N) is 5. The number of likely N-dealkylation sites (tertiary alicyclic amines) is 1. The van der Waals surface area contributed by atoms with E-state index in [4.69, 9.17) is 9.84 Å². The van der Waals surface area contributed by atoms with Crippen molar-refractivity contribution in [1.82, 2.24) is 24.6 Å². The Kier molecular flexibility index (Phi) is 8.98. The van der Waals surface area contributed by atoms with E-state index in [0.29, 0.717) is 37.1 Å². The van der Waals surface area contributed by atoms with Crippen LogP contribution >= 0.6 is 0 Å². The summed E-state index contributed by atoms with van der Waals surface area (Å²) in [4.78, 5) is 33.5. The molecule has 1 aliphatic heterocycles. The van der Waals surface area contributed by atoms with Gasteiger partial charge in [-0.25, -0.2) is 14.8 Å². The van der Waals surface area contributed by atoms with Crippen molar-refractivity contribution in [3.8, 4) is 0 Å². The molecule has 0 atom stereocenters. The van der Waals surface area contributed by atoms with Gasteiger partial charge < -0.3 is 14.7 Å². The first-order chi connectivity index (χ1) is 19.3. The smallest absolute Gasteiger partial charge is 0.419 e. The lowest BCUT2D eigenvalue weighted by Gasteiger charge is -2.33. The van der Waals surface area contributed by atoms with Crippen LogP contribution in [-0.4, -0.2) is 60.5 Å². The molecular weight excluding hydrogens is 539 g/mol. The Bertz CT molecular complexity index is 1380. The van der Waals surface area contributed by atoms with Gasteiger partial charge in [-0.2, -0.15) is 18.3 Å². The third-order valence-corrected chi connectivity index (χ3v) is 6.82. The molecule has 2 aromatic heterocycles. The number of piperidine rings is 1. The normalized spacial score (nSPS) is 14.7. The molecule has 1 fully saturated rings. The lowest BCUT2D eigenvalue weighted by atomic mass is 9.98. The molecule has 0 saturated carbocycles. The van der Waals surface area contributed by atoms with Crippen LogP contribution in [0.4, 0.5) is 18.0 Å². The third kappa shape index (κ3) is 8.27. The summed E-state index contributed by atoms with van der Waals surface area (Å²) in [6.45, 7) is 6.56. The van der Waals surface area contributed by atoms with Crippen LogP contribution in [0.2, 0.25) is 0 Å². The zero-order chi connectivity index (χ0) is 29.8. The van der Waals surface area contributed by atoms with Crippen molar-refractivity contribution in [1.29, 1.82) is 0 Å². The highest BCUT2D eigenvalue weighted by molar-refractivity contribution is 5.70. The molecule has 0 unspecified atom stereocenters. The number of hydrogen-bond acceptors (Lipinski definition) is 6. The monoisotopic (exact) mass is 573 g/mol. The van der Waals surface area contributed by atoms with Gasteiger partial charge in [0.2, 0.25) is 0 Å². The maximum Gasteiger partial charge on any atom is 0.419 e. The lowest BCUT2D eigenvalue weighted by Crippen LogP contribution is -2.42. The number of hydrogen-bond donors (Lipinski definition) is 1. The maximum atomic E-state index is 13.7. The average Bonchev–Trinajstić information content (AvgIpc) is 3.35. The fourth-order valence-electron chi connectivity index (χ4n) is 4.85. The molecule has 12 heteroatoms. The molecule has 41 heavy (non-hydrogen) atoms. The van der Waals surface area contributed by atoms with Gasteiger partial charge in [-0.3, -0.25) is 9.48 Å². The Labute approximate surface area is 236 Å². The molecule has 4 rings (SSSR count). The second-order valence-electron chi connectivity index (χ2n) is 11.2. The predicted octanol–water partition coefficient (Wildman–Crippen LogP) is 5.27. The molecule has 1 N–H and O–H groups in total. The van der Waals surface area contributed by atoms with E-state index in [-0.39, 0.29) is 49.3 Å². The Hall–Kier alpha value is -3.96. The highest BCUT2D eigenvalue weighted by atomic mass is 19.4. The van der Waals surface area contributed by atoms with Crippen LogP contribution in [-0.2, 0) is 41.4 Å². The number of carboxylic acids is 1. The minimum atomic E-state index is -4.62. The Balaban J connectivity index is 1.43. The molecule has 0 aliphatic carbocycles. The first-order valence-electron chi connectivity index (χ1n) is 13.5. The number of aromatic nitrogens is 4. The second kappa shape index (κ2) is 12.3. The number of halogens is 3. The molecule has 1 amide bonds. The quantitative estimate of drug-likeness (QED) is 0.391. The van der Waals surface area contributed by atoms with Crippen LogP contribution in [0, 0.1) is 0 Å². The maximum absolute atomic E-state index is 13.7. The van der Waals surface area contributed by atoms with Crippen molar-refractivity contribution < 1.29 is 32.6 Å². The Morgan fingerprint density at radius 2 is 1.73 bits per heavy atom. The van der Waals surface area contributed by atoms with Crippen LogP contribution in [0.3, 0.4) is 0 Å². The van der Waals surface area contributed by atoms with E-state index in [0.717, 1.165) is 11.8 Å². The minimum absolute atomic E-state index is 0.0174. The summed E-state index contributed by atoms with van der Waals surface area (Å²) in [7, 11) is 0. The summed E-state index contributed by atoms with van der Waals surface area (Å²) in [6, 6.07) is 6.90. The van der Waals surface area contributed by atoms with E-state index >= 15 is 0 Å². The van der Waals surface area contributed by atoms with Gasteiger partial charge in [-0.15, -0.1) is 0 Å². The van der Waals surface area contributed by atoms with Crippen molar-refractivity contribution in [3.05, 3.63) is 76.6 Å². The number of ether oxygens (including phenoxy) is 1. The van der Waals surface area contributed by atoms with Gasteiger partial charge in [0.25, 0.3) is 0 Å². The van der Waals surface area contributed by atoms with E-state index in [2.05, 4.69) is 15.1 Å². The van der Waals surface area contributed by atoms with Crippen molar-refractivity contribution in [3.63, 3.8) is 0 Å². The first kappa shape index (κ1) is 30.0.